The number of halogens is 1. The summed E-state index contributed by atoms with van der Waals surface area (Å²) in [6, 6.07) is 6.92. The summed E-state index contributed by atoms with van der Waals surface area (Å²) >= 11 is 3.57. The fourth-order valence-electron chi connectivity index (χ4n) is 3.60. The van der Waals surface area contributed by atoms with Crippen LogP contribution >= 0.6 is 15.9 Å². The summed E-state index contributed by atoms with van der Waals surface area (Å²) in [7, 11) is 0. The Kier molecular flexibility index (Phi) is 4.67. The van der Waals surface area contributed by atoms with Gasteiger partial charge in [0.2, 0.25) is 0 Å². The van der Waals surface area contributed by atoms with Gasteiger partial charge in [-0.25, -0.2) is 0 Å². The van der Waals surface area contributed by atoms with E-state index in [2.05, 4.69) is 46.4 Å². The van der Waals surface area contributed by atoms with Gasteiger partial charge in [0.05, 0.1) is 0 Å². The number of fused-ring (bicyclic) bond motifs is 1. The number of hydrogen-bond acceptors (Lipinski definition) is 2. The summed E-state index contributed by atoms with van der Waals surface area (Å²) < 4.78 is 7.45. The average Bonchev–Trinajstić information content (AvgIpc) is 2.98. The lowest BCUT2D eigenvalue weighted by atomic mass is 9.89. The molecule has 2 nitrogen and oxygen atoms in total. The van der Waals surface area contributed by atoms with Gasteiger partial charge >= 0.3 is 0 Å². The third-order valence-electron chi connectivity index (χ3n) is 4.66. The second kappa shape index (κ2) is 6.48. The lowest BCUT2D eigenvalue weighted by Crippen LogP contribution is -2.37. The first kappa shape index (κ1) is 14.4. The molecule has 1 saturated carbocycles. The van der Waals surface area contributed by atoms with Crippen molar-refractivity contribution >= 4 is 15.9 Å². The SMILES string of the molecule is CCCNC1CC(C2CCCC2)Oc2cc(Br)ccc21. The Morgan fingerprint density at radius 3 is 2.85 bits per heavy atom. The highest BCUT2D eigenvalue weighted by molar-refractivity contribution is 9.10. The van der Waals surface area contributed by atoms with Gasteiger partial charge in [-0.3, -0.25) is 0 Å². The number of benzene rings is 1. The number of nitrogens with one attached hydrogen (secondary N) is 1. The molecule has 1 heterocycles. The lowest BCUT2D eigenvalue weighted by Gasteiger charge is -2.36. The van der Waals surface area contributed by atoms with Crippen LogP contribution in [-0.4, -0.2) is 12.6 Å². The zero-order valence-corrected chi connectivity index (χ0v) is 13.8. The molecule has 0 radical (unpaired) electrons. The summed E-state index contributed by atoms with van der Waals surface area (Å²) in [5, 5.41) is 3.71. The maximum absolute atomic E-state index is 6.34. The van der Waals surface area contributed by atoms with Gasteiger partial charge in [-0.1, -0.05) is 41.8 Å². The van der Waals surface area contributed by atoms with E-state index in [1.807, 2.05) is 0 Å². The second-order valence-electron chi connectivity index (χ2n) is 6.13. The molecular formula is C17H24BrNO. The molecular weight excluding hydrogens is 314 g/mol. The maximum atomic E-state index is 6.34. The lowest BCUT2D eigenvalue weighted by molar-refractivity contribution is 0.0947. The fourth-order valence-corrected chi connectivity index (χ4v) is 3.94. The third-order valence-corrected chi connectivity index (χ3v) is 5.16. The number of rotatable bonds is 4. The largest absolute Gasteiger partial charge is 0.490 e. The molecule has 2 unspecified atom stereocenters. The summed E-state index contributed by atoms with van der Waals surface area (Å²) in [4.78, 5) is 0. The molecule has 1 aliphatic carbocycles. The van der Waals surface area contributed by atoms with Crippen LogP contribution in [0.2, 0.25) is 0 Å². The summed E-state index contributed by atoms with van der Waals surface area (Å²) in [6.45, 7) is 3.31. The van der Waals surface area contributed by atoms with Gasteiger partial charge in [-0.2, -0.15) is 0 Å². The normalized spacial score (nSPS) is 26.3. The van der Waals surface area contributed by atoms with Gasteiger partial charge in [0.15, 0.2) is 0 Å². The second-order valence-corrected chi connectivity index (χ2v) is 7.04. The highest BCUT2D eigenvalue weighted by atomic mass is 79.9. The molecule has 0 spiro atoms. The summed E-state index contributed by atoms with van der Waals surface area (Å²) in [5.74, 6) is 1.84. The molecule has 1 fully saturated rings. The van der Waals surface area contributed by atoms with Crippen molar-refractivity contribution in [2.24, 2.45) is 5.92 Å². The predicted octanol–water partition coefficient (Wildman–Crippen LogP) is 4.83. The van der Waals surface area contributed by atoms with Crippen molar-refractivity contribution in [2.45, 2.75) is 57.6 Å². The van der Waals surface area contributed by atoms with E-state index < -0.39 is 0 Å². The van der Waals surface area contributed by atoms with Gasteiger partial charge < -0.3 is 10.1 Å². The number of hydrogen-bond donors (Lipinski definition) is 1. The molecule has 1 N–H and O–H groups in total. The van der Waals surface area contributed by atoms with Crippen LogP contribution in [0.4, 0.5) is 0 Å². The van der Waals surface area contributed by atoms with Crippen molar-refractivity contribution in [1.82, 2.24) is 5.32 Å². The molecule has 3 rings (SSSR count). The first-order chi connectivity index (χ1) is 9.78. The monoisotopic (exact) mass is 337 g/mol. The van der Waals surface area contributed by atoms with E-state index in [-0.39, 0.29) is 0 Å². The first-order valence-corrected chi connectivity index (χ1v) is 8.76. The van der Waals surface area contributed by atoms with Crippen molar-refractivity contribution < 1.29 is 4.74 Å². The van der Waals surface area contributed by atoms with E-state index in [9.17, 15) is 0 Å². The van der Waals surface area contributed by atoms with Gasteiger partial charge in [-0.05, 0) is 43.9 Å². The third kappa shape index (κ3) is 3.04. The fraction of sp³-hybridized carbons (Fsp3) is 0.647. The molecule has 1 aromatic rings. The molecule has 0 saturated heterocycles. The molecule has 2 aliphatic rings. The van der Waals surface area contributed by atoms with Crippen molar-refractivity contribution in [3.63, 3.8) is 0 Å². The zero-order chi connectivity index (χ0) is 13.9. The highest BCUT2D eigenvalue weighted by Gasteiger charge is 2.34. The van der Waals surface area contributed by atoms with Crippen LogP contribution in [-0.2, 0) is 0 Å². The van der Waals surface area contributed by atoms with Crippen molar-refractivity contribution in [3.05, 3.63) is 28.2 Å². The van der Waals surface area contributed by atoms with Gasteiger partial charge in [0.25, 0.3) is 0 Å². The first-order valence-electron chi connectivity index (χ1n) is 7.97. The Labute approximate surface area is 130 Å². The van der Waals surface area contributed by atoms with E-state index in [0.29, 0.717) is 12.1 Å². The van der Waals surface area contributed by atoms with Crippen LogP contribution in [0, 0.1) is 5.92 Å². The molecule has 2 atom stereocenters. The Morgan fingerprint density at radius 2 is 2.10 bits per heavy atom. The molecule has 0 aromatic heterocycles. The Morgan fingerprint density at radius 1 is 1.30 bits per heavy atom. The minimum atomic E-state index is 0.397. The summed E-state index contributed by atoms with van der Waals surface area (Å²) in [5.41, 5.74) is 1.33. The number of ether oxygens (including phenoxy) is 1. The molecule has 0 amide bonds. The van der Waals surface area contributed by atoms with Crippen molar-refractivity contribution in [2.75, 3.05) is 6.54 Å². The van der Waals surface area contributed by atoms with Crippen LogP contribution in [0.5, 0.6) is 5.75 Å². The zero-order valence-electron chi connectivity index (χ0n) is 12.2. The highest BCUT2D eigenvalue weighted by Crippen LogP contribution is 2.41. The predicted molar refractivity (Wildman–Crippen MR) is 86.2 cm³/mol. The van der Waals surface area contributed by atoms with E-state index in [1.54, 1.807) is 0 Å². The standard InChI is InChI=1S/C17H24BrNO/c1-2-9-19-15-11-16(12-5-3-4-6-12)20-17-10-13(18)7-8-14(15)17/h7-8,10,12,15-16,19H,2-6,9,11H2,1H3. The van der Waals surface area contributed by atoms with Crippen LogP contribution in [0.25, 0.3) is 0 Å². The molecule has 1 aromatic carbocycles. The van der Waals surface area contributed by atoms with Crippen molar-refractivity contribution in [1.29, 1.82) is 0 Å². The molecule has 0 bridgehead atoms. The molecule has 1 aliphatic heterocycles. The van der Waals surface area contributed by atoms with Crippen molar-refractivity contribution in [3.8, 4) is 5.75 Å². The minimum absolute atomic E-state index is 0.397. The van der Waals surface area contributed by atoms with Gasteiger partial charge in [-0.15, -0.1) is 0 Å². The molecule has 20 heavy (non-hydrogen) atoms. The van der Waals surface area contributed by atoms with E-state index in [0.717, 1.165) is 29.1 Å². The Balaban J connectivity index is 1.82. The van der Waals surface area contributed by atoms with Crippen LogP contribution < -0.4 is 10.1 Å². The van der Waals surface area contributed by atoms with Gasteiger partial charge in [0, 0.05) is 22.5 Å². The van der Waals surface area contributed by atoms with E-state index in [4.69, 9.17) is 4.74 Å². The minimum Gasteiger partial charge on any atom is -0.490 e. The van der Waals surface area contributed by atoms with Gasteiger partial charge in [0.1, 0.15) is 11.9 Å². The average molecular weight is 338 g/mol. The Hall–Kier alpha value is -0.540. The van der Waals surface area contributed by atoms with Crippen LogP contribution in [0.3, 0.4) is 0 Å². The van der Waals surface area contributed by atoms with Crippen LogP contribution in [0.1, 0.15) is 57.1 Å². The Bertz CT molecular complexity index is 456. The van der Waals surface area contributed by atoms with E-state index >= 15 is 0 Å². The van der Waals surface area contributed by atoms with Crippen LogP contribution in [0.15, 0.2) is 22.7 Å². The maximum Gasteiger partial charge on any atom is 0.125 e. The quantitative estimate of drug-likeness (QED) is 0.849. The summed E-state index contributed by atoms with van der Waals surface area (Å²) in [6.07, 6.45) is 8.14. The molecule has 110 valence electrons. The molecule has 3 heteroatoms. The van der Waals surface area contributed by atoms with E-state index in [1.165, 1.54) is 37.7 Å². The topological polar surface area (TPSA) is 21.3 Å². The smallest absolute Gasteiger partial charge is 0.125 e.